The zero-order chi connectivity index (χ0) is 16.0. The first kappa shape index (κ1) is 13.5. The number of fused-ring (bicyclic) bond motifs is 2. The van der Waals surface area contributed by atoms with Crippen molar-refractivity contribution in [2.75, 3.05) is 0 Å². The molecule has 3 heteroatoms. The maximum absolute atomic E-state index is 9.11. The maximum Gasteiger partial charge on any atom is 0.220 e. The zero-order valence-electron chi connectivity index (χ0n) is 13.0. The summed E-state index contributed by atoms with van der Waals surface area (Å²) in [6.45, 7) is 2.12. The van der Waals surface area contributed by atoms with Gasteiger partial charge in [-0.3, -0.25) is 0 Å². The third kappa shape index (κ3) is 2.08. The lowest BCUT2D eigenvalue weighted by Crippen LogP contribution is -2.30. The number of furan rings is 1. The van der Waals surface area contributed by atoms with Crippen LogP contribution in [0, 0.1) is 18.3 Å². The quantitative estimate of drug-likeness (QED) is 0.493. The predicted octanol–water partition coefficient (Wildman–Crippen LogP) is 4.26. The van der Waals surface area contributed by atoms with Gasteiger partial charge in [0.05, 0.1) is 28.8 Å². The van der Waals surface area contributed by atoms with Crippen molar-refractivity contribution in [3.05, 3.63) is 66.1 Å². The maximum atomic E-state index is 9.11. The fourth-order valence-electron chi connectivity index (χ4n) is 3.16. The predicted molar refractivity (Wildman–Crippen MR) is 89.8 cm³/mol. The topological polar surface area (TPSA) is 40.8 Å². The van der Waals surface area contributed by atoms with E-state index in [4.69, 9.17) is 9.68 Å². The molecule has 4 rings (SSSR count). The molecule has 0 amide bonds. The first-order chi connectivity index (χ1) is 11.2. The van der Waals surface area contributed by atoms with E-state index in [0.29, 0.717) is 5.56 Å². The normalized spacial score (nSPS) is 11.0. The first-order valence-electron chi connectivity index (χ1n) is 7.48. The Morgan fingerprint density at radius 2 is 1.91 bits per heavy atom. The number of rotatable bonds is 1. The van der Waals surface area contributed by atoms with Gasteiger partial charge in [0.15, 0.2) is 6.20 Å². The van der Waals surface area contributed by atoms with Crippen molar-refractivity contribution in [2.45, 2.75) is 6.92 Å². The van der Waals surface area contributed by atoms with E-state index in [9.17, 15) is 0 Å². The summed E-state index contributed by atoms with van der Waals surface area (Å²) in [5, 5.41) is 12.4. The summed E-state index contributed by atoms with van der Waals surface area (Å²) in [6, 6.07) is 16.3. The van der Waals surface area contributed by atoms with Gasteiger partial charge >= 0.3 is 0 Å². The fraction of sp³-hybridized carbons (Fsp3) is 0.100. The van der Waals surface area contributed by atoms with Gasteiger partial charge in [-0.15, -0.1) is 0 Å². The van der Waals surface area contributed by atoms with Crippen LogP contribution in [-0.4, -0.2) is 0 Å². The largest absolute Gasteiger partial charge is 0.464 e. The van der Waals surface area contributed by atoms with Gasteiger partial charge in [0.25, 0.3) is 0 Å². The van der Waals surface area contributed by atoms with Crippen molar-refractivity contribution in [3.63, 3.8) is 0 Å². The van der Waals surface area contributed by atoms with Crippen LogP contribution in [-0.2, 0) is 7.05 Å². The molecule has 0 spiro atoms. The van der Waals surface area contributed by atoms with E-state index in [2.05, 4.69) is 29.7 Å². The van der Waals surface area contributed by atoms with Crippen LogP contribution in [0.2, 0.25) is 0 Å². The number of benzene rings is 2. The fourth-order valence-corrected chi connectivity index (χ4v) is 3.16. The van der Waals surface area contributed by atoms with E-state index >= 15 is 0 Å². The minimum atomic E-state index is 0.676. The van der Waals surface area contributed by atoms with Crippen molar-refractivity contribution in [2.24, 2.45) is 7.05 Å². The zero-order valence-corrected chi connectivity index (χ0v) is 13.0. The van der Waals surface area contributed by atoms with Crippen LogP contribution >= 0.6 is 0 Å². The van der Waals surface area contributed by atoms with Crippen LogP contribution in [0.3, 0.4) is 0 Å². The summed E-state index contributed by atoms with van der Waals surface area (Å²) in [5.41, 5.74) is 5.03. The highest BCUT2D eigenvalue weighted by molar-refractivity contribution is 5.96. The van der Waals surface area contributed by atoms with Gasteiger partial charge in [-0.1, -0.05) is 0 Å². The molecular weight excluding hydrogens is 284 g/mol. The molecule has 0 unspecified atom stereocenters. The number of hydrogen-bond acceptors (Lipinski definition) is 2. The van der Waals surface area contributed by atoms with Gasteiger partial charge < -0.3 is 4.42 Å². The molecule has 4 aromatic rings. The van der Waals surface area contributed by atoms with Crippen molar-refractivity contribution in [1.82, 2.24) is 0 Å². The molecule has 0 saturated carbocycles. The smallest absolute Gasteiger partial charge is 0.220 e. The average molecular weight is 299 g/mol. The van der Waals surface area contributed by atoms with E-state index in [-0.39, 0.29) is 0 Å². The van der Waals surface area contributed by atoms with E-state index in [0.717, 1.165) is 33.0 Å². The van der Waals surface area contributed by atoms with E-state index in [1.165, 1.54) is 5.56 Å². The molecule has 110 valence electrons. The summed E-state index contributed by atoms with van der Waals surface area (Å²) in [6.07, 6.45) is 3.75. The molecule has 0 aliphatic heterocycles. The van der Waals surface area contributed by atoms with Crippen molar-refractivity contribution >= 4 is 21.7 Å². The van der Waals surface area contributed by atoms with Crippen LogP contribution in [0.25, 0.3) is 33.0 Å². The molecule has 3 nitrogen and oxygen atoms in total. The molecule has 0 N–H and O–H groups in total. The lowest BCUT2D eigenvalue weighted by Gasteiger charge is -2.08. The van der Waals surface area contributed by atoms with Gasteiger partial charge in [-0.05, 0) is 54.3 Å². The van der Waals surface area contributed by atoms with Crippen LogP contribution in [0.1, 0.15) is 11.1 Å². The second kappa shape index (κ2) is 4.96. The highest BCUT2D eigenvalue weighted by atomic mass is 16.3. The van der Waals surface area contributed by atoms with Gasteiger partial charge in [-0.25, -0.2) is 4.57 Å². The molecule has 23 heavy (non-hydrogen) atoms. The summed E-state index contributed by atoms with van der Waals surface area (Å²) in [7, 11) is 2.04. The Kier molecular flexibility index (Phi) is 2.92. The SMILES string of the molecule is Cc1cc2ccoc2cc1-c1c2ccc(C#N)cc2cc[n+]1C. The first-order valence-corrected chi connectivity index (χ1v) is 7.48. The van der Waals surface area contributed by atoms with Crippen molar-refractivity contribution in [3.8, 4) is 17.3 Å². The molecule has 0 aliphatic carbocycles. The minimum absolute atomic E-state index is 0.676. The molecule has 2 aromatic carbocycles. The van der Waals surface area contributed by atoms with Crippen LogP contribution in [0.4, 0.5) is 0 Å². The van der Waals surface area contributed by atoms with E-state index < -0.39 is 0 Å². The third-order valence-electron chi connectivity index (χ3n) is 4.32. The van der Waals surface area contributed by atoms with Gasteiger partial charge in [0, 0.05) is 11.5 Å². The second-order valence-electron chi connectivity index (χ2n) is 5.81. The average Bonchev–Trinajstić information content (AvgIpc) is 3.01. The van der Waals surface area contributed by atoms with E-state index in [1.54, 1.807) is 6.26 Å². The summed E-state index contributed by atoms with van der Waals surface area (Å²) in [4.78, 5) is 0. The standard InChI is InChI=1S/C20H15N2O/c1-13-9-16-6-8-23-19(16)11-18(13)20-17-4-3-14(12-21)10-15(17)5-7-22(20)2/h3-11H,1-2H3/q+1. The molecule has 2 aromatic heterocycles. The van der Waals surface area contributed by atoms with E-state index in [1.807, 2.05) is 43.6 Å². The Labute approximate surface area is 134 Å². The summed E-state index contributed by atoms with van der Waals surface area (Å²) >= 11 is 0. The Morgan fingerprint density at radius 1 is 1.04 bits per heavy atom. The molecule has 0 aliphatic rings. The Hall–Kier alpha value is -3.12. The van der Waals surface area contributed by atoms with Crippen LogP contribution in [0.5, 0.6) is 0 Å². The second-order valence-corrected chi connectivity index (χ2v) is 5.81. The van der Waals surface area contributed by atoms with Crippen LogP contribution in [0.15, 0.2) is 59.3 Å². The Balaban J connectivity index is 2.08. The highest BCUT2D eigenvalue weighted by Gasteiger charge is 2.18. The third-order valence-corrected chi connectivity index (χ3v) is 4.32. The Bertz CT molecular complexity index is 1100. The lowest BCUT2D eigenvalue weighted by molar-refractivity contribution is -0.659. The summed E-state index contributed by atoms with van der Waals surface area (Å²) in [5.74, 6) is 0. The summed E-state index contributed by atoms with van der Waals surface area (Å²) < 4.78 is 7.69. The van der Waals surface area contributed by atoms with Gasteiger partial charge in [-0.2, -0.15) is 5.26 Å². The molecule has 0 saturated heterocycles. The number of aryl methyl sites for hydroxylation is 2. The molecule has 2 heterocycles. The molecule has 0 bridgehead atoms. The molecule has 0 fully saturated rings. The van der Waals surface area contributed by atoms with Gasteiger partial charge in [0.1, 0.15) is 12.6 Å². The highest BCUT2D eigenvalue weighted by Crippen LogP contribution is 2.31. The number of nitriles is 1. The Morgan fingerprint density at radius 3 is 2.74 bits per heavy atom. The number of pyridine rings is 1. The number of nitrogens with zero attached hydrogens (tertiary/aromatic N) is 2. The molecular formula is C20H15N2O+. The molecule has 0 atom stereocenters. The van der Waals surface area contributed by atoms with Crippen molar-refractivity contribution in [1.29, 1.82) is 5.26 Å². The van der Waals surface area contributed by atoms with Crippen LogP contribution < -0.4 is 4.57 Å². The van der Waals surface area contributed by atoms with Crippen molar-refractivity contribution < 1.29 is 8.98 Å². The number of hydrogen-bond donors (Lipinski definition) is 0. The monoisotopic (exact) mass is 299 g/mol. The minimum Gasteiger partial charge on any atom is -0.464 e. The lowest BCUT2D eigenvalue weighted by atomic mass is 9.97. The number of aromatic nitrogens is 1. The van der Waals surface area contributed by atoms with Gasteiger partial charge in [0.2, 0.25) is 5.69 Å². The molecule has 0 radical (unpaired) electrons.